The van der Waals surface area contributed by atoms with Crippen molar-refractivity contribution in [1.82, 2.24) is 0 Å². The molecule has 14 heteroatoms. The number of aliphatic hydroxyl groups is 4. The quantitative estimate of drug-likeness (QED) is 0.0167. The summed E-state index contributed by atoms with van der Waals surface area (Å²) in [6, 6.07) is 0. The maximum atomic E-state index is 12.8. The van der Waals surface area contributed by atoms with Crippen molar-refractivity contribution in [2.24, 2.45) is 17.8 Å². The zero-order chi connectivity index (χ0) is 48.0. The number of ketones is 1. The van der Waals surface area contributed by atoms with Crippen LogP contribution < -0.4 is 0 Å². The molecule has 0 aromatic heterocycles. The Bertz CT molecular complexity index is 1310. The molecule has 0 aromatic carbocycles. The molecule has 1 aliphatic rings. The first kappa shape index (κ1) is 61.1. The Balaban J connectivity index is 2.34. The number of hydrogen-bond donors (Lipinski definition) is 5. The Labute approximate surface area is 393 Å². The second kappa shape index (κ2) is 40.0. The van der Waals surface area contributed by atoms with Crippen molar-refractivity contribution in [1.29, 1.82) is 0 Å². The van der Waals surface area contributed by atoms with Crippen LogP contribution in [0.2, 0.25) is 0 Å². The van der Waals surface area contributed by atoms with Crippen molar-refractivity contribution in [3.05, 3.63) is 24.3 Å². The number of unbranched alkanes of at least 4 members (excludes halogenated alkanes) is 20. The number of hydrogen-bond acceptors (Lipinski definition) is 12. The number of Topliss-reactive ketones (excluding diaryl/α,β-unsaturated/α-hetero) is 1. The molecular weight excluding hydrogens is 852 g/mol. The highest BCUT2D eigenvalue weighted by molar-refractivity contribution is 7.47. The van der Waals surface area contributed by atoms with E-state index in [9.17, 15) is 39.2 Å². The smallest absolute Gasteiger partial charge is 0.462 e. The topological polar surface area (TPSA) is 206 Å². The lowest BCUT2D eigenvalue weighted by Crippen LogP contribution is -2.29. The number of aliphatic hydroxyl groups excluding tert-OH is 4. The summed E-state index contributed by atoms with van der Waals surface area (Å²) < 4.78 is 32.8. The molecule has 1 fully saturated rings. The number of ether oxygens (including phenoxy) is 2. The molecule has 0 radical (unpaired) electrons. The molecule has 0 aliphatic heterocycles. The van der Waals surface area contributed by atoms with Crippen LogP contribution in [0.1, 0.15) is 213 Å². The van der Waals surface area contributed by atoms with E-state index >= 15 is 0 Å². The molecule has 0 heterocycles. The van der Waals surface area contributed by atoms with Gasteiger partial charge in [0.2, 0.25) is 0 Å². The van der Waals surface area contributed by atoms with Crippen molar-refractivity contribution in [3.8, 4) is 0 Å². The molecule has 8 atom stereocenters. The van der Waals surface area contributed by atoms with Crippen molar-refractivity contribution in [3.63, 3.8) is 0 Å². The molecule has 13 nitrogen and oxygen atoms in total. The number of esters is 2. The van der Waals surface area contributed by atoms with E-state index in [4.69, 9.17) is 23.6 Å². The van der Waals surface area contributed by atoms with Gasteiger partial charge in [-0.2, -0.15) is 0 Å². The van der Waals surface area contributed by atoms with Crippen LogP contribution in [-0.2, 0) is 37.5 Å². The molecule has 65 heavy (non-hydrogen) atoms. The summed E-state index contributed by atoms with van der Waals surface area (Å²) in [7, 11) is -4.70. The molecule has 0 bridgehead atoms. The van der Waals surface area contributed by atoms with Gasteiger partial charge in [-0.15, -0.1) is 0 Å². The van der Waals surface area contributed by atoms with Gasteiger partial charge in [0.1, 0.15) is 18.5 Å². The van der Waals surface area contributed by atoms with E-state index in [1.807, 2.05) is 12.2 Å². The summed E-state index contributed by atoms with van der Waals surface area (Å²) in [4.78, 5) is 47.9. The standard InChI is InChI=1S/C51H93O13P/c1-4-6-25-31-43(53)35-36-47-46(48(55)37-49(47)56)32-27-23-24-29-34-51(58)64-45(41-63-65(59,60)62-39-44(54)38-52)40-61-50(57)33-28-22-20-18-16-14-12-10-8-7-9-11-13-15-17-19-21-26-30-42(3)5-2/h23,27,35-36,42-47,49,52-54,56H,4-22,24-26,28-34,37-41H2,1-3H3,(H,59,60)/b27-23-,36-35+/t42?,43-,44-,45+,46+,47+,49+/m0/s1. The van der Waals surface area contributed by atoms with Gasteiger partial charge < -0.3 is 34.8 Å². The number of phosphoric acid groups is 1. The highest BCUT2D eigenvalue weighted by Gasteiger charge is 2.39. The van der Waals surface area contributed by atoms with Gasteiger partial charge in [0.15, 0.2) is 6.10 Å². The molecule has 0 aromatic rings. The third kappa shape index (κ3) is 34.1. The summed E-state index contributed by atoms with van der Waals surface area (Å²) in [5, 5.41) is 39.2. The van der Waals surface area contributed by atoms with E-state index in [0.29, 0.717) is 32.1 Å². The molecule has 0 saturated heterocycles. The highest BCUT2D eigenvalue weighted by atomic mass is 31.2. The lowest BCUT2D eigenvalue weighted by Gasteiger charge is -2.20. The van der Waals surface area contributed by atoms with Gasteiger partial charge >= 0.3 is 19.8 Å². The normalized spacial score (nSPS) is 19.4. The van der Waals surface area contributed by atoms with E-state index in [1.165, 1.54) is 103 Å². The minimum absolute atomic E-state index is 0.00776. The number of rotatable bonds is 44. The van der Waals surface area contributed by atoms with E-state index in [0.717, 1.165) is 44.4 Å². The zero-order valence-corrected chi connectivity index (χ0v) is 41.7. The Morgan fingerprint density at radius 3 is 1.83 bits per heavy atom. The molecule has 380 valence electrons. The monoisotopic (exact) mass is 945 g/mol. The fourth-order valence-electron chi connectivity index (χ4n) is 8.07. The second-order valence-electron chi connectivity index (χ2n) is 18.6. The summed E-state index contributed by atoms with van der Waals surface area (Å²) in [5.41, 5.74) is 0. The van der Waals surface area contributed by atoms with Crippen molar-refractivity contribution in [2.45, 2.75) is 238 Å². The summed E-state index contributed by atoms with van der Waals surface area (Å²) in [6.45, 7) is 4.38. The van der Waals surface area contributed by atoms with Crippen LogP contribution in [0.4, 0.5) is 0 Å². The first-order valence-electron chi connectivity index (χ1n) is 25.8. The summed E-state index contributed by atoms with van der Waals surface area (Å²) >= 11 is 0. The van der Waals surface area contributed by atoms with Crippen molar-refractivity contribution >= 4 is 25.5 Å². The second-order valence-corrected chi connectivity index (χ2v) is 20.0. The molecule has 0 spiro atoms. The first-order chi connectivity index (χ1) is 31.3. The molecule has 2 unspecified atom stereocenters. The van der Waals surface area contributed by atoms with Gasteiger partial charge in [0.25, 0.3) is 0 Å². The Kier molecular flexibility index (Phi) is 37.6. The molecule has 1 rings (SSSR count). The predicted molar refractivity (Wildman–Crippen MR) is 257 cm³/mol. The zero-order valence-electron chi connectivity index (χ0n) is 40.8. The largest absolute Gasteiger partial charge is 0.472 e. The van der Waals surface area contributed by atoms with Crippen molar-refractivity contribution < 1.29 is 62.8 Å². The van der Waals surface area contributed by atoms with E-state index in [2.05, 4.69) is 20.8 Å². The molecule has 0 amide bonds. The summed E-state index contributed by atoms with van der Waals surface area (Å²) in [5.74, 6) is -1.02. The van der Waals surface area contributed by atoms with Gasteiger partial charge in [0, 0.05) is 31.1 Å². The van der Waals surface area contributed by atoms with Crippen LogP contribution in [-0.4, -0.2) is 93.9 Å². The molecule has 1 aliphatic carbocycles. The average Bonchev–Trinajstić information content (AvgIpc) is 3.56. The molecular formula is C51H93O13P. The maximum absolute atomic E-state index is 12.8. The van der Waals surface area contributed by atoms with Gasteiger partial charge in [-0.25, -0.2) is 4.57 Å². The van der Waals surface area contributed by atoms with E-state index in [-0.39, 0.29) is 31.0 Å². The third-order valence-electron chi connectivity index (χ3n) is 12.5. The average molecular weight is 945 g/mol. The Hall–Kier alpha value is -1.96. The minimum atomic E-state index is -4.70. The van der Waals surface area contributed by atoms with Crippen LogP contribution in [0.3, 0.4) is 0 Å². The minimum Gasteiger partial charge on any atom is -0.462 e. The van der Waals surface area contributed by atoms with Crippen LogP contribution in [0, 0.1) is 17.8 Å². The van der Waals surface area contributed by atoms with Crippen molar-refractivity contribution in [2.75, 3.05) is 26.4 Å². The van der Waals surface area contributed by atoms with E-state index < -0.39 is 76.5 Å². The van der Waals surface area contributed by atoms with Crippen LogP contribution in [0.5, 0.6) is 0 Å². The third-order valence-corrected chi connectivity index (χ3v) is 13.5. The fraction of sp³-hybridized carbons (Fsp3) is 0.863. The highest BCUT2D eigenvalue weighted by Crippen LogP contribution is 2.43. The van der Waals surface area contributed by atoms with Crippen LogP contribution in [0.25, 0.3) is 0 Å². The van der Waals surface area contributed by atoms with Gasteiger partial charge in [-0.05, 0) is 38.0 Å². The fourth-order valence-corrected chi connectivity index (χ4v) is 8.86. The predicted octanol–water partition coefficient (Wildman–Crippen LogP) is 11.0. The maximum Gasteiger partial charge on any atom is 0.472 e. The number of carbonyl (C=O) groups excluding carboxylic acids is 3. The lowest BCUT2D eigenvalue weighted by atomic mass is 9.90. The lowest BCUT2D eigenvalue weighted by molar-refractivity contribution is -0.161. The number of allylic oxidation sites excluding steroid dienone is 2. The SMILES string of the molecule is CCCCC[C@H](O)/C=C/[C@H]1[C@H](O)CC(=O)[C@@H]1C/C=C\CCCC(=O)O[C@H](COC(=O)CCCCCCCCCCCCCCCCCCCCC(C)CC)COP(=O)(O)OC[C@@H](O)CO. The van der Waals surface area contributed by atoms with Gasteiger partial charge in [-0.1, -0.05) is 186 Å². The Morgan fingerprint density at radius 1 is 0.723 bits per heavy atom. The molecule has 5 N–H and O–H groups in total. The number of phosphoric ester groups is 1. The Morgan fingerprint density at radius 2 is 1.26 bits per heavy atom. The van der Waals surface area contributed by atoms with E-state index in [1.54, 1.807) is 12.2 Å². The van der Waals surface area contributed by atoms with Crippen LogP contribution >= 0.6 is 7.82 Å². The summed E-state index contributed by atoms with van der Waals surface area (Å²) in [6.07, 6.45) is 33.6. The number of carbonyl (C=O) groups is 3. The van der Waals surface area contributed by atoms with Gasteiger partial charge in [0.05, 0.1) is 32.0 Å². The molecule has 1 saturated carbocycles. The van der Waals surface area contributed by atoms with Gasteiger partial charge in [-0.3, -0.25) is 23.4 Å². The first-order valence-corrected chi connectivity index (χ1v) is 27.3. The van der Waals surface area contributed by atoms with Crippen LogP contribution in [0.15, 0.2) is 24.3 Å².